The van der Waals surface area contributed by atoms with E-state index in [0.29, 0.717) is 12.1 Å². The molecule has 1 rings (SSSR count). The molecule has 0 aliphatic heterocycles. The Hall–Kier alpha value is -0.380. The zero-order valence-corrected chi connectivity index (χ0v) is 14.9. The lowest BCUT2D eigenvalue weighted by Crippen LogP contribution is -2.34. The Balaban J connectivity index is 2.64. The van der Waals surface area contributed by atoms with Gasteiger partial charge in [0.15, 0.2) is 0 Å². The summed E-state index contributed by atoms with van der Waals surface area (Å²) < 4.78 is 1.16. The summed E-state index contributed by atoms with van der Waals surface area (Å²) in [6, 6.07) is 9.80. The summed E-state index contributed by atoms with van der Waals surface area (Å²) >= 11 is 3.57. The fraction of sp³-hybridized carbons (Fsp3) is 0.647. The van der Waals surface area contributed by atoms with E-state index in [1.54, 1.807) is 0 Å². The summed E-state index contributed by atoms with van der Waals surface area (Å²) in [6.07, 6.45) is 3.61. The van der Waals surface area contributed by atoms with Crippen molar-refractivity contribution in [1.82, 2.24) is 10.2 Å². The molecule has 1 N–H and O–H groups in total. The van der Waals surface area contributed by atoms with Crippen molar-refractivity contribution in [1.29, 1.82) is 0 Å². The Morgan fingerprint density at radius 2 is 1.90 bits per heavy atom. The first kappa shape index (κ1) is 17.7. The van der Waals surface area contributed by atoms with E-state index in [1.165, 1.54) is 18.4 Å². The molecule has 0 saturated heterocycles. The molecule has 0 spiro atoms. The first-order chi connectivity index (χ1) is 9.62. The van der Waals surface area contributed by atoms with Crippen LogP contribution < -0.4 is 5.32 Å². The molecule has 0 aliphatic carbocycles. The van der Waals surface area contributed by atoms with Crippen molar-refractivity contribution in [2.24, 2.45) is 0 Å². The highest BCUT2D eigenvalue weighted by molar-refractivity contribution is 9.10. The first-order valence-electron chi connectivity index (χ1n) is 7.81. The zero-order chi connectivity index (χ0) is 15.0. The number of benzene rings is 1. The molecule has 0 fully saturated rings. The van der Waals surface area contributed by atoms with E-state index in [1.807, 2.05) is 0 Å². The predicted molar refractivity (Wildman–Crippen MR) is 92.2 cm³/mol. The van der Waals surface area contributed by atoms with Crippen molar-refractivity contribution in [3.05, 3.63) is 34.3 Å². The van der Waals surface area contributed by atoms with Crippen molar-refractivity contribution in [2.45, 2.75) is 52.1 Å². The fourth-order valence-corrected chi connectivity index (χ4v) is 3.20. The summed E-state index contributed by atoms with van der Waals surface area (Å²) in [5.41, 5.74) is 1.37. The third kappa shape index (κ3) is 5.55. The van der Waals surface area contributed by atoms with Gasteiger partial charge in [0.2, 0.25) is 0 Å². The minimum absolute atomic E-state index is 0.439. The van der Waals surface area contributed by atoms with Gasteiger partial charge in [0.05, 0.1) is 0 Å². The third-order valence-corrected chi connectivity index (χ3v) is 4.53. The van der Waals surface area contributed by atoms with Gasteiger partial charge in [-0.3, -0.25) is 0 Å². The Morgan fingerprint density at radius 3 is 2.45 bits per heavy atom. The van der Waals surface area contributed by atoms with E-state index >= 15 is 0 Å². The summed E-state index contributed by atoms with van der Waals surface area (Å²) in [6.45, 7) is 8.87. The third-order valence-electron chi connectivity index (χ3n) is 4.04. The lowest BCUT2D eigenvalue weighted by atomic mass is 10.0. The van der Waals surface area contributed by atoms with Gasteiger partial charge in [0, 0.05) is 16.6 Å². The summed E-state index contributed by atoms with van der Waals surface area (Å²) in [5.74, 6) is 0. The van der Waals surface area contributed by atoms with Crippen LogP contribution in [0.15, 0.2) is 28.7 Å². The number of nitrogens with zero attached hydrogens (tertiary/aromatic N) is 1. The second kappa shape index (κ2) is 9.54. The maximum Gasteiger partial charge on any atom is 0.0332 e. The molecule has 2 nitrogen and oxygen atoms in total. The van der Waals surface area contributed by atoms with Gasteiger partial charge in [0.25, 0.3) is 0 Å². The Bertz CT molecular complexity index is 377. The van der Waals surface area contributed by atoms with E-state index in [9.17, 15) is 0 Å². The van der Waals surface area contributed by atoms with Gasteiger partial charge in [-0.15, -0.1) is 0 Å². The molecular formula is C17H29BrN2. The van der Waals surface area contributed by atoms with Crippen LogP contribution in [-0.2, 0) is 0 Å². The molecule has 1 unspecified atom stereocenters. The molecule has 0 aromatic heterocycles. The van der Waals surface area contributed by atoms with Gasteiger partial charge in [-0.2, -0.15) is 0 Å². The summed E-state index contributed by atoms with van der Waals surface area (Å²) in [7, 11) is 2.25. The van der Waals surface area contributed by atoms with Crippen LogP contribution in [0.2, 0.25) is 0 Å². The van der Waals surface area contributed by atoms with Crippen molar-refractivity contribution >= 4 is 15.9 Å². The van der Waals surface area contributed by atoms with E-state index < -0.39 is 0 Å². The van der Waals surface area contributed by atoms with Crippen LogP contribution in [0.5, 0.6) is 0 Å². The molecule has 3 heteroatoms. The van der Waals surface area contributed by atoms with Gasteiger partial charge in [-0.25, -0.2) is 0 Å². The molecule has 0 aliphatic rings. The number of rotatable bonds is 9. The lowest BCUT2D eigenvalue weighted by Gasteiger charge is -2.28. The average Bonchev–Trinajstić information content (AvgIpc) is 2.44. The van der Waals surface area contributed by atoms with Crippen LogP contribution in [0.3, 0.4) is 0 Å². The second-order valence-corrected chi connectivity index (χ2v) is 6.32. The first-order valence-corrected chi connectivity index (χ1v) is 8.60. The molecule has 114 valence electrons. The monoisotopic (exact) mass is 340 g/mol. The van der Waals surface area contributed by atoms with Crippen LogP contribution in [-0.4, -0.2) is 31.1 Å². The number of nitrogens with one attached hydrogen (secondary N) is 1. The highest BCUT2D eigenvalue weighted by Gasteiger charge is 2.15. The van der Waals surface area contributed by atoms with Crippen LogP contribution in [0.4, 0.5) is 0 Å². The molecule has 0 heterocycles. The van der Waals surface area contributed by atoms with Gasteiger partial charge in [0.1, 0.15) is 0 Å². The number of hydrogen-bond donors (Lipinski definition) is 1. The number of halogens is 1. The minimum atomic E-state index is 0.439. The molecule has 1 aromatic rings. The molecule has 1 aromatic carbocycles. The average molecular weight is 341 g/mol. The predicted octanol–water partition coefficient (Wildman–Crippen LogP) is 4.61. The van der Waals surface area contributed by atoms with Crippen molar-refractivity contribution in [3.63, 3.8) is 0 Å². The van der Waals surface area contributed by atoms with Gasteiger partial charge >= 0.3 is 0 Å². The SMILES string of the molecule is CCNC(CCN(C)C(CC)CC)c1cccc(Br)c1. The Morgan fingerprint density at radius 1 is 1.20 bits per heavy atom. The molecule has 20 heavy (non-hydrogen) atoms. The van der Waals surface area contributed by atoms with Crippen LogP contribution in [0.25, 0.3) is 0 Å². The van der Waals surface area contributed by atoms with Gasteiger partial charge in [-0.05, 0) is 57.1 Å². The maximum atomic E-state index is 3.61. The molecule has 1 atom stereocenters. The minimum Gasteiger partial charge on any atom is -0.310 e. The smallest absolute Gasteiger partial charge is 0.0332 e. The van der Waals surface area contributed by atoms with Gasteiger partial charge in [-0.1, -0.05) is 48.8 Å². The van der Waals surface area contributed by atoms with Crippen molar-refractivity contribution in [2.75, 3.05) is 20.1 Å². The van der Waals surface area contributed by atoms with E-state index in [0.717, 1.165) is 24.0 Å². The topological polar surface area (TPSA) is 15.3 Å². The zero-order valence-electron chi connectivity index (χ0n) is 13.3. The maximum absolute atomic E-state index is 3.61. The van der Waals surface area contributed by atoms with E-state index in [4.69, 9.17) is 0 Å². The molecule has 0 radical (unpaired) electrons. The van der Waals surface area contributed by atoms with Crippen LogP contribution in [0.1, 0.15) is 51.6 Å². The van der Waals surface area contributed by atoms with Crippen molar-refractivity contribution < 1.29 is 0 Å². The Kier molecular flexibility index (Phi) is 8.43. The second-order valence-electron chi connectivity index (χ2n) is 5.40. The standard InChI is InChI=1S/C17H29BrN2/c1-5-16(6-2)20(4)12-11-17(19-7-3)14-9-8-10-15(18)13-14/h8-10,13,16-17,19H,5-7,11-12H2,1-4H3. The number of hydrogen-bond acceptors (Lipinski definition) is 2. The molecule has 0 bridgehead atoms. The Labute approximate surface area is 133 Å². The largest absolute Gasteiger partial charge is 0.310 e. The highest BCUT2D eigenvalue weighted by atomic mass is 79.9. The van der Waals surface area contributed by atoms with Crippen molar-refractivity contribution in [3.8, 4) is 0 Å². The van der Waals surface area contributed by atoms with Crippen LogP contribution >= 0.6 is 15.9 Å². The molecular weight excluding hydrogens is 312 g/mol. The quantitative estimate of drug-likeness (QED) is 0.706. The lowest BCUT2D eigenvalue weighted by molar-refractivity contribution is 0.218. The van der Waals surface area contributed by atoms with Gasteiger partial charge < -0.3 is 10.2 Å². The van der Waals surface area contributed by atoms with E-state index in [-0.39, 0.29) is 0 Å². The summed E-state index contributed by atoms with van der Waals surface area (Å²) in [4.78, 5) is 2.50. The highest BCUT2D eigenvalue weighted by Crippen LogP contribution is 2.21. The van der Waals surface area contributed by atoms with Crippen LogP contribution in [0, 0.1) is 0 Å². The van der Waals surface area contributed by atoms with E-state index in [2.05, 4.69) is 78.2 Å². The normalized spacial score (nSPS) is 13.2. The molecule has 0 saturated carbocycles. The fourth-order valence-electron chi connectivity index (χ4n) is 2.78. The molecule has 0 amide bonds. The summed E-state index contributed by atoms with van der Waals surface area (Å²) in [5, 5.41) is 3.61.